The summed E-state index contributed by atoms with van der Waals surface area (Å²) in [5, 5.41) is 8.63. The molecule has 2 fully saturated rings. The summed E-state index contributed by atoms with van der Waals surface area (Å²) in [5.74, 6) is 1.22. The number of nitrogens with one attached hydrogen (secondary N) is 1. The van der Waals surface area contributed by atoms with Gasteiger partial charge in [-0.15, -0.1) is 0 Å². The Balaban J connectivity index is 1.44. The van der Waals surface area contributed by atoms with Crippen molar-refractivity contribution in [3.8, 4) is 0 Å². The minimum absolute atomic E-state index is 0.0686. The van der Waals surface area contributed by atoms with Gasteiger partial charge in [0.1, 0.15) is 0 Å². The van der Waals surface area contributed by atoms with E-state index in [9.17, 15) is 13.2 Å². The van der Waals surface area contributed by atoms with Crippen molar-refractivity contribution < 1.29 is 8.42 Å². The van der Waals surface area contributed by atoms with Crippen molar-refractivity contribution in [2.24, 2.45) is 17.0 Å². The SMILES string of the molecule is NS(=O)(=O)CC1CCN(Cc2ccc3n(c2=O)C[C@@H]2CNC[C@H]3C2)CC1. The first-order valence-electron chi connectivity index (χ1n) is 9.55. The summed E-state index contributed by atoms with van der Waals surface area (Å²) < 4.78 is 24.5. The van der Waals surface area contributed by atoms with Gasteiger partial charge < -0.3 is 9.88 Å². The molecule has 1 aromatic heterocycles. The Hall–Kier alpha value is -1.22. The molecule has 4 heterocycles. The minimum atomic E-state index is -3.40. The molecule has 144 valence electrons. The number of likely N-dealkylation sites (tertiary alicyclic amines) is 1. The number of hydrogen-bond acceptors (Lipinski definition) is 5. The zero-order valence-electron chi connectivity index (χ0n) is 15.1. The highest BCUT2D eigenvalue weighted by molar-refractivity contribution is 7.89. The third kappa shape index (κ3) is 3.88. The quantitative estimate of drug-likeness (QED) is 0.770. The fourth-order valence-corrected chi connectivity index (χ4v) is 5.83. The van der Waals surface area contributed by atoms with Crippen LogP contribution < -0.4 is 16.0 Å². The van der Waals surface area contributed by atoms with E-state index < -0.39 is 10.0 Å². The molecule has 1 aromatic rings. The Morgan fingerprint density at radius 1 is 1.19 bits per heavy atom. The summed E-state index contributed by atoms with van der Waals surface area (Å²) in [7, 11) is -3.40. The predicted molar refractivity (Wildman–Crippen MR) is 100 cm³/mol. The highest BCUT2D eigenvalue weighted by atomic mass is 32.2. The van der Waals surface area contributed by atoms with Gasteiger partial charge in [0.2, 0.25) is 10.0 Å². The maximum Gasteiger partial charge on any atom is 0.255 e. The van der Waals surface area contributed by atoms with Crippen LogP contribution in [0.2, 0.25) is 0 Å². The fourth-order valence-electron chi connectivity index (χ4n) is 4.84. The Kier molecular flexibility index (Phi) is 4.94. The number of pyridine rings is 1. The van der Waals surface area contributed by atoms with Gasteiger partial charge in [0, 0.05) is 36.8 Å². The van der Waals surface area contributed by atoms with E-state index >= 15 is 0 Å². The third-order valence-corrected chi connectivity index (χ3v) is 7.09. The average molecular weight is 381 g/mol. The monoisotopic (exact) mass is 380 g/mol. The van der Waals surface area contributed by atoms with Crippen molar-refractivity contribution in [1.29, 1.82) is 0 Å². The molecule has 0 unspecified atom stereocenters. The molecule has 0 spiro atoms. The molecule has 7 nitrogen and oxygen atoms in total. The lowest BCUT2D eigenvalue weighted by Gasteiger charge is -2.38. The third-order valence-electron chi connectivity index (χ3n) is 6.16. The van der Waals surface area contributed by atoms with E-state index in [0.717, 1.165) is 51.1 Å². The van der Waals surface area contributed by atoms with Crippen LogP contribution in [0.3, 0.4) is 0 Å². The molecule has 3 aliphatic rings. The Bertz CT molecular complexity index is 827. The van der Waals surface area contributed by atoms with Crippen molar-refractivity contribution in [2.75, 3.05) is 31.9 Å². The summed E-state index contributed by atoms with van der Waals surface area (Å²) in [6.07, 6.45) is 2.82. The number of rotatable bonds is 4. The molecule has 26 heavy (non-hydrogen) atoms. The van der Waals surface area contributed by atoms with Crippen molar-refractivity contribution in [1.82, 2.24) is 14.8 Å². The van der Waals surface area contributed by atoms with Crippen molar-refractivity contribution >= 4 is 10.0 Å². The number of piperidine rings is 2. The number of hydrogen-bond donors (Lipinski definition) is 2. The Labute approximate surface area is 154 Å². The van der Waals surface area contributed by atoms with Gasteiger partial charge in [0.15, 0.2) is 0 Å². The second kappa shape index (κ2) is 7.07. The molecule has 3 N–H and O–H groups in total. The maximum absolute atomic E-state index is 13.0. The topological polar surface area (TPSA) is 97.4 Å². The van der Waals surface area contributed by atoms with Gasteiger partial charge in [-0.3, -0.25) is 9.69 Å². The fraction of sp³-hybridized carbons (Fsp3) is 0.722. The second-order valence-corrected chi connectivity index (χ2v) is 9.86. The van der Waals surface area contributed by atoms with Gasteiger partial charge in [-0.1, -0.05) is 6.07 Å². The highest BCUT2D eigenvalue weighted by Crippen LogP contribution is 2.31. The summed E-state index contributed by atoms with van der Waals surface area (Å²) in [6.45, 7) is 5.07. The lowest BCUT2D eigenvalue weighted by atomic mass is 9.84. The first-order chi connectivity index (χ1) is 12.4. The van der Waals surface area contributed by atoms with Crippen LogP contribution in [0.15, 0.2) is 16.9 Å². The number of sulfonamides is 1. The zero-order chi connectivity index (χ0) is 18.3. The normalized spacial score (nSPS) is 27.3. The largest absolute Gasteiger partial charge is 0.316 e. The van der Waals surface area contributed by atoms with Crippen LogP contribution >= 0.6 is 0 Å². The average Bonchev–Trinajstić information content (AvgIpc) is 2.59. The number of fused-ring (bicyclic) bond motifs is 4. The molecular formula is C18H28N4O3S. The Morgan fingerprint density at radius 2 is 1.96 bits per heavy atom. The molecule has 3 aliphatic heterocycles. The first kappa shape index (κ1) is 18.2. The highest BCUT2D eigenvalue weighted by Gasteiger charge is 2.31. The van der Waals surface area contributed by atoms with Crippen LogP contribution in [0.5, 0.6) is 0 Å². The Morgan fingerprint density at radius 3 is 2.69 bits per heavy atom. The molecule has 0 radical (unpaired) electrons. The van der Waals surface area contributed by atoms with E-state index in [4.69, 9.17) is 5.14 Å². The van der Waals surface area contributed by atoms with Crippen molar-refractivity contribution in [3.05, 3.63) is 33.7 Å². The van der Waals surface area contributed by atoms with Gasteiger partial charge in [-0.2, -0.15) is 0 Å². The van der Waals surface area contributed by atoms with E-state index in [1.165, 1.54) is 12.1 Å². The van der Waals surface area contributed by atoms with Crippen LogP contribution in [0.4, 0.5) is 0 Å². The number of aromatic nitrogens is 1. The van der Waals surface area contributed by atoms with Gasteiger partial charge in [-0.25, -0.2) is 13.6 Å². The number of nitrogens with two attached hydrogens (primary N) is 1. The molecule has 0 saturated carbocycles. The smallest absolute Gasteiger partial charge is 0.255 e. The van der Waals surface area contributed by atoms with Gasteiger partial charge in [0.05, 0.1) is 5.75 Å². The molecular weight excluding hydrogens is 352 g/mol. The molecule has 0 aliphatic carbocycles. The van der Waals surface area contributed by atoms with Crippen LogP contribution in [0.1, 0.15) is 36.4 Å². The molecule has 0 aromatic carbocycles. The van der Waals surface area contributed by atoms with Gasteiger partial charge in [0.25, 0.3) is 5.56 Å². The van der Waals surface area contributed by atoms with E-state index in [2.05, 4.69) is 16.3 Å². The van der Waals surface area contributed by atoms with Crippen molar-refractivity contribution in [3.63, 3.8) is 0 Å². The molecule has 2 saturated heterocycles. The maximum atomic E-state index is 13.0. The van der Waals surface area contributed by atoms with Gasteiger partial charge >= 0.3 is 0 Å². The number of nitrogens with zero attached hydrogens (tertiary/aromatic N) is 2. The molecule has 0 amide bonds. The standard InChI is InChI=1S/C18H28N4O3S/c19-26(24,25)12-13-3-5-21(6-4-13)11-15-1-2-17-16-7-14(8-20-9-16)10-22(17)18(15)23/h1-2,13-14,16,20H,3-12H2,(H2,19,24,25)/t14-,16+/m0/s1. The summed E-state index contributed by atoms with van der Waals surface area (Å²) in [4.78, 5) is 15.2. The molecule has 8 heteroatoms. The zero-order valence-corrected chi connectivity index (χ0v) is 15.9. The van der Waals surface area contributed by atoms with Crippen LogP contribution in [0.25, 0.3) is 0 Å². The van der Waals surface area contributed by atoms with Crippen LogP contribution in [-0.2, 0) is 23.1 Å². The van der Waals surface area contributed by atoms with E-state index in [0.29, 0.717) is 18.4 Å². The first-order valence-corrected chi connectivity index (χ1v) is 11.3. The molecule has 2 bridgehead atoms. The van der Waals surface area contributed by atoms with Crippen LogP contribution in [-0.4, -0.2) is 49.8 Å². The van der Waals surface area contributed by atoms with Crippen LogP contribution in [0, 0.1) is 11.8 Å². The lowest BCUT2D eigenvalue weighted by molar-refractivity contribution is 0.184. The van der Waals surface area contributed by atoms with Crippen molar-refractivity contribution in [2.45, 2.75) is 38.3 Å². The molecule has 2 atom stereocenters. The van der Waals surface area contributed by atoms with E-state index in [1.54, 1.807) is 0 Å². The predicted octanol–water partition coefficient (Wildman–Crippen LogP) is 0.0555. The minimum Gasteiger partial charge on any atom is -0.316 e. The summed E-state index contributed by atoms with van der Waals surface area (Å²) in [5.41, 5.74) is 2.19. The summed E-state index contributed by atoms with van der Waals surface area (Å²) in [6, 6.07) is 4.14. The summed E-state index contributed by atoms with van der Waals surface area (Å²) >= 11 is 0. The van der Waals surface area contributed by atoms with Gasteiger partial charge in [-0.05, 0) is 56.8 Å². The van der Waals surface area contributed by atoms with E-state index in [-0.39, 0.29) is 17.2 Å². The second-order valence-electron chi connectivity index (χ2n) is 8.21. The number of primary sulfonamides is 1. The molecule has 4 rings (SSSR count). The van der Waals surface area contributed by atoms with E-state index in [1.807, 2.05) is 10.6 Å². The lowest BCUT2D eigenvalue weighted by Crippen LogP contribution is -2.46.